The predicted octanol–water partition coefficient (Wildman–Crippen LogP) is 3.52. The van der Waals surface area contributed by atoms with Crippen LogP contribution in [0.1, 0.15) is 5.56 Å². The molecule has 1 aromatic carbocycles. The number of sulfone groups is 1. The lowest BCUT2D eigenvalue weighted by molar-refractivity contribution is 0.600. The first-order chi connectivity index (χ1) is 6.42. The van der Waals surface area contributed by atoms with Crippen molar-refractivity contribution < 1.29 is 8.42 Å². The summed E-state index contributed by atoms with van der Waals surface area (Å²) in [6.45, 7) is 0. The quantitative estimate of drug-likeness (QED) is 0.470. The number of rotatable bonds is 3. The average Bonchev–Trinajstić information content (AvgIpc) is 2.08. The smallest absolute Gasteiger partial charge is 0.175 e. The summed E-state index contributed by atoms with van der Waals surface area (Å²) in [4.78, 5) is 0. The standard InChI is InChI=1S/C8H7BrI2O2S/c9-7-3-1-6(2-4-7)5-14(12,13)8(10)11/h1-4,8H,5H2. The Morgan fingerprint density at radius 2 is 1.71 bits per heavy atom. The molecule has 0 fully saturated rings. The lowest BCUT2D eigenvalue weighted by Crippen LogP contribution is -2.10. The Labute approximate surface area is 119 Å². The minimum absolute atomic E-state index is 0.108. The van der Waals surface area contributed by atoms with Crippen LogP contribution < -0.4 is 0 Å². The number of hydrogen-bond donors (Lipinski definition) is 0. The van der Waals surface area contributed by atoms with E-state index in [-0.39, 0.29) is 7.02 Å². The molecule has 0 heterocycles. The van der Waals surface area contributed by atoms with E-state index in [1.165, 1.54) is 0 Å². The van der Waals surface area contributed by atoms with E-state index in [1.54, 1.807) is 0 Å². The zero-order chi connectivity index (χ0) is 10.8. The molecular formula is C8H7BrI2O2S. The molecule has 0 atom stereocenters. The molecule has 0 saturated carbocycles. The highest BCUT2D eigenvalue weighted by Gasteiger charge is 2.19. The van der Waals surface area contributed by atoms with E-state index in [2.05, 4.69) is 15.9 Å². The van der Waals surface area contributed by atoms with Crippen molar-refractivity contribution in [3.05, 3.63) is 34.3 Å². The van der Waals surface area contributed by atoms with Crippen LogP contribution in [-0.4, -0.2) is 9.68 Å². The fourth-order valence-electron chi connectivity index (χ4n) is 0.876. The Morgan fingerprint density at radius 3 is 2.14 bits per heavy atom. The molecule has 1 rings (SSSR count). The van der Waals surface area contributed by atoms with Crippen LogP contribution in [0.2, 0.25) is 0 Å². The van der Waals surface area contributed by atoms with Crippen LogP contribution in [0, 0.1) is 0 Å². The van der Waals surface area contributed by atoms with Crippen molar-refractivity contribution >= 4 is 70.9 Å². The second-order valence-corrected chi connectivity index (χ2v) is 12.3. The van der Waals surface area contributed by atoms with Gasteiger partial charge in [-0.2, -0.15) is 0 Å². The molecule has 0 spiro atoms. The molecule has 2 nitrogen and oxygen atoms in total. The molecular weight excluding hydrogens is 494 g/mol. The first kappa shape index (κ1) is 13.2. The first-order valence-corrected chi connectivity index (χ1v) is 8.66. The van der Waals surface area contributed by atoms with E-state index in [0.717, 1.165) is 10.0 Å². The normalized spacial score (nSPS) is 12.0. The van der Waals surface area contributed by atoms with Gasteiger partial charge in [0.1, 0.15) is 0 Å². The molecule has 0 aromatic heterocycles. The van der Waals surface area contributed by atoms with Crippen LogP contribution in [0.5, 0.6) is 0 Å². The number of halogens is 3. The summed E-state index contributed by atoms with van der Waals surface area (Å²) in [6, 6.07) is 7.33. The second-order valence-electron chi connectivity index (χ2n) is 2.69. The van der Waals surface area contributed by atoms with Gasteiger partial charge in [-0.05, 0) is 17.7 Å². The van der Waals surface area contributed by atoms with Crippen LogP contribution >= 0.6 is 61.1 Å². The summed E-state index contributed by atoms with van der Waals surface area (Å²) in [5.74, 6) is 0.108. The molecule has 0 radical (unpaired) electrons. The van der Waals surface area contributed by atoms with Crippen LogP contribution in [0.3, 0.4) is 0 Å². The van der Waals surface area contributed by atoms with Crippen molar-refractivity contribution in [1.29, 1.82) is 0 Å². The molecule has 0 aliphatic carbocycles. The van der Waals surface area contributed by atoms with E-state index in [0.29, 0.717) is 0 Å². The molecule has 6 heteroatoms. The minimum Gasteiger partial charge on any atom is -0.227 e. The van der Waals surface area contributed by atoms with Crippen LogP contribution in [-0.2, 0) is 15.6 Å². The maximum absolute atomic E-state index is 11.6. The van der Waals surface area contributed by atoms with Gasteiger partial charge in [-0.25, -0.2) is 8.42 Å². The third-order valence-corrected chi connectivity index (χ3v) is 8.01. The number of hydrogen-bond acceptors (Lipinski definition) is 2. The van der Waals surface area contributed by atoms with Crippen molar-refractivity contribution in [2.24, 2.45) is 0 Å². The van der Waals surface area contributed by atoms with Gasteiger partial charge in [-0.3, -0.25) is 0 Å². The van der Waals surface area contributed by atoms with Crippen molar-refractivity contribution in [2.45, 2.75) is 7.02 Å². The monoisotopic (exact) mass is 500 g/mol. The Balaban J connectivity index is 2.85. The highest BCUT2D eigenvalue weighted by Crippen LogP contribution is 2.22. The molecule has 78 valence electrons. The molecule has 0 N–H and O–H groups in total. The van der Waals surface area contributed by atoms with Gasteiger partial charge in [0.2, 0.25) is 0 Å². The van der Waals surface area contributed by atoms with E-state index < -0.39 is 9.84 Å². The average molecular weight is 501 g/mol. The van der Waals surface area contributed by atoms with Gasteiger partial charge in [-0.1, -0.05) is 73.2 Å². The molecule has 14 heavy (non-hydrogen) atoms. The maximum Gasteiger partial charge on any atom is 0.175 e. The van der Waals surface area contributed by atoms with E-state index >= 15 is 0 Å². The van der Waals surface area contributed by atoms with Gasteiger partial charge in [0.15, 0.2) is 11.1 Å². The van der Waals surface area contributed by atoms with Gasteiger partial charge in [0.05, 0.1) is 5.75 Å². The summed E-state index contributed by atoms with van der Waals surface area (Å²) in [5.41, 5.74) is 0.825. The molecule has 0 aliphatic rings. The fraction of sp³-hybridized carbons (Fsp3) is 0.250. The van der Waals surface area contributed by atoms with Crippen LogP contribution in [0.4, 0.5) is 0 Å². The van der Waals surface area contributed by atoms with Crippen molar-refractivity contribution in [2.75, 3.05) is 0 Å². The lowest BCUT2D eigenvalue weighted by atomic mass is 10.2. The maximum atomic E-state index is 11.6. The highest BCUT2D eigenvalue weighted by atomic mass is 127. The van der Waals surface area contributed by atoms with Crippen molar-refractivity contribution in [3.63, 3.8) is 0 Å². The van der Waals surface area contributed by atoms with E-state index in [9.17, 15) is 8.42 Å². The van der Waals surface area contributed by atoms with Crippen molar-refractivity contribution in [3.8, 4) is 0 Å². The summed E-state index contributed by atoms with van der Waals surface area (Å²) in [5, 5.41) is 0. The third kappa shape index (κ3) is 3.93. The molecule has 0 saturated heterocycles. The van der Waals surface area contributed by atoms with Gasteiger partial charge in [0, 0.05) is 4.47 Å². The summed E-state index contributed by atoms with van der Waals surface area (Å²) < 4.78 is 23.7. The largest absolute Gasteiger partial charge is 0.227 e. The molecule has 0 bridgehead atoms. The molecule has 0 unspecified atom stereocenters. The zero-order valence-electron chi connectivity index (χ0n) is 6.95. The zero-order valence-corrected chi connectivity index (χ0v) is 13.7. The summed E-state index contributed by atoms with van der Waals surface area (Å²) >= 11 is 7.12. The Bertz CT molecular complexity index is 400. The summed E-state index contributed by atoms with van der Waals surface area (Å²) in [7, 11) is -3.01. The Hall–Kier alpha value is 1.11. The lowest BCUT2D eigenvalue weighted by Gasteiger charge is -2.05. The highest BCUT2D eigenvalue weighted by molar-refractivity contribution is 14.2. The van der Waals surface area contributed by atoms with Gasteiger partial charge >= 0.3 is 0 Å². The first-order valence-electron chi connectivity index (χ1n) is 3.66. The number of benzene rings is 1. The molecule has 0 aliphatic heterocycles. The number of alkyl halides is 2. The minimum atomic E-state index is -3.01. The van der Waals surface area contributed by atoms with Gasteiger partial charge in [-0.15, -0.1) is 0 Å². The van der Waals surface area contributed by atoms with E-state index in [4.69, 9.17) is 0 Å². The second kappa shape index (κ2) is 5.44. The third-order valence-electron chi connectivity index (χ3n) is 1.55. The van der Waals surface area contributed by atoms with Gasteiger partial charge < -0.3 is 0 Å². The van der Waals surface area contributed by atoms with Crippen LogP contribution in [0.15, 0.2) is 28.7 Å². The topological polar surface area (TPSA) is 34.1 Å². The van der Waals surface area contributed by atoms with Crippen LogP contribution in [0.25, 0.3) is 0 Å². The fourth-order valence-corrected chi connectivity index (χ4v) is 3.00. The van der Waals surface area contributed by atoms with E-state index in [1.807, 2.05) is 69.4 Å². The Morgan fingerprint density at radius 1 is 1.21 bits per heavy atom. The Kier molecular flexibility index (Phi) is 5.12. The predicted molar refractivity (Wildman–Crippen MR) is 78.6 cm³/mol. The molecule has 0 amide bonds. The SMILES string of the molecule is O=S(=O)(Cc1ccc(Br)cc1)C(I)I. The summed E-state index contributed by atoms with van der Waals surface area (Å²) in [6.07, 6.45) is 0. The molecule has 1 aromatic rings. The van der Waals surface area contributed by atoms with Crippen molar-refractivity contribution in [1.82, 2.24) is 0 Å². The van der Waals surface area contributed by atoms with Gasteiger partial charge in [0.25, 0.3) is 0 Å².